The number of hydrogen-bond donors (Lipinski definition) is 3. The third-order valence-corrected chi connectivity index (χ3v) is 2.80. The largest absolute Gasteiger partial charge is 0.344 e. The average Bonchev–Trinajstić information content (AvgIpc) is 2.60. The monoisotopic (exact) mass is 258 g/mol. The van der Waals surface area contributed by atoms with Crippen LogP contribution in [0.2, 0.25) is 0 Å². The third-order valence-electron chi connectivity index (χ3n) is 2.80. The number of urea groups is 1. The van der Waals surface area contributed by atoms with Crippen molar-refractivity contribution in [1.82, 2.24) is 20.8 Å². The van der Waals surface area contributed by atoms with Gasteiger partial charge in [0.25, 0.3) is 0 Å². The highest BCUT2D eigenvalue weighted by molar-refractivity contribution is 5.76. The summed E-state index contributed by atoms with van der Waals surface area (Å²) in [5.41, 5.74) is 4.14. The first kappa shape index (κ1) is 14.2. The molecule has 2 aliphatic rings. The van der Waals surface area contributed by atoms with Crippen molar-refractivity contribution in [1.29, 1.82) is 0 Å². The number of rotatable bonds is 3. The Bertz CT molecular complexity index is 319. The highest BCUT2D eigenvalue weighted by Gasteiger charge is 2.38. The summed E-state index contributed by atoms with van der Waals surface area (Å²) >= 11 is 0. The molecule has 4 amide bonds. The van der Waals surface area contributed by atoms with Crippen LogP contribution in [0.1, 0.15) is 26.2 Å². The van der Waals surface area contributed by atoms with Gasteiger partial charge in [0, 0.05) is 19.5 Å². The van der Waals surface area contributed by atoms with Gasteiger partial charge < -0.3 is 4.90 Å². The number of carbonyl (C=O) groups is 3. The average molecular weight is 258 g/mol. The molecule has 0 aromatic heterocycles. The molecule has 0 aromatic carbocycles. The molecule has 102 valence electrons. The Morgan fingerprint density at radius 1 is 1.61 bits per heavy atom. The molecule has 8 heteroatoms. The van der Waals surface area contributed by atoms with E-state index in [1.165, 1.54) is 0 Å². The molecule has 2 fully saturated rings. The topological polar surface area (TPSA) is 102 Å². The Kier molecular flexibility index (Phi) is 5.37. The van der Waals surface area contributed by atoms with E-state index in [9.17, 15) is 14.4 Å². The normalized spacial score (nSPS) is 21.0. The van der Waals surface area contributed by atoms with E-state index in [4.69, 9.17) is 5.21 Å². The SMILES string of the molecule is CCC(=O)NNC=O.O=C1N2CCCC(C2)N1O. The second-order valence-corrected chi connectivity index (χ2v) is 4.03. The van der Waals surface area contributed by atoms with Crippen molar-refractivity contribution in [2.75, 3.05) is 13.1 Å². The van der Waals surface area contributed by atoms with Gasteiger partial charge in [-0.3, -0.25) is 25.6 Å². The first-order valence-electron chi connectivity index (χ1n) is 5.85. The first-order valence-corrected chi connectivity index (χ1v) is 5.85. The molecular weight excluding hydrogens is 240 g/mol. The molecule has 2 rings (SSSR count). The van der Waals surface area contributed by atoms with Gasteiger partial charge in [0.1, 0.15) is 0 Å². The second-order valence-electron chi connectivity index (χ2n) is 4.03. The molecule has 0 radical (unpaired) electrons. The predicted octanol–water partition coefficient (Wildman–Crippen LogP) is -0.551. The van der Waals surface area contributed by atoms with Crippen molar-refractivity contribution in [3.63, 3.8) is 0 Å². The zero-order valence-electron chi connectivity index (χ0n) is 10.3. The van der Waals surface area contributed by atoms with E-state index in [2.05, 4.69) is 5.43 Å². The van der Waals surface area contributed by atoms with Crippen molar-refractivity contribution >= 4 is 18.3 Å². The maximum atomic E-state index is 11.0. The number of hydrogen-bond acceptors (Lipinski definition) is 4. The van der Waals surface area contributed by atoms with Gasteiger partial charge in [-0.25, -0.2) is 9.86 Å². The molecule has 2 bridgehead atoms. The van der Waals surface area contributed by atoms with Crippen molar-refractivity contribution in [2.45, 2.75) is 32.2 Å². The molecule has 0 spiro atoms. The minimum atomic E-state index is -0.220. The van der Waals surface area contributed by atoms with Crippen LogP contribution in [-0.2, 0) is 9.59 Å². The lowest BCUT2D eigenvalue weighted by Crippen LogP contribution is -2.35. The van der Waals surface area contributed by atoms with Crippen LogP contribution in [0, 0.1) is 0 Å². The molecule has 2 saturated heterocycles. The molecule has 1 atom stereocenters. The Morgan fingerprint density at radius 3 is 2.83 bits per heavy atom. The lowest BCUT2D eigenvalue weighted by molar-refractivity contribution is -0.124. The number of nitrogens with one attached hydrogen (secondary N) is 2. The van der Waals surface area contributed by atoms with E-state index in [0.29, 0.717) is 12.8 Å². The Morgan fingerprint density at radius 2 is 2.33 bits per heavy atom. The summed E-state index contributed by atoms with van der Waals surface area (Å²) in [4.78, 5) is 32.4. The molecule has 2 aliphatic heterocycles. The lowest BCUT2D eigenvalue weighted by atomic mass is 10.1. The zero-order chi connectivity index (χ0) is 13.5. The van der Waals surface area contributed by atoms with E-state index in [1.807, 2.05) is 5.43 Å². The van der Waals surface area contributed by atoms with Crippen LogP contribution in [0.5, 0.6) is 0 Å². The number of piperidine rings is 1. The predicted molar refractivity (Wildman–Crippen MR) is 61.2 cm³/mol. The van der Waals surface area contributed by atoms with Crippen molar-refractivity contribution in [3.8, 4) is 0 Å². The summed E-state index contributed by atoms with van der Waals surface area (Å²) < 4.78 is 0. The van der Waals surface area contributed by atoms with Crippen molar-refractivity contribution in [2.24, 2.45) is 0 Å². The molecule has 1 unspecified atom stereocenters. The van der Waals surface area contributed by atoms with E-state index in [0.717, 1.165) is 31.0 Å². The Balaban J connectivity index is 0.000000187. The Hall–Kier alpha value is -1.83. The number of amides is 4. The van der Waals surface area contributed by atoms with Crippen LogP contribution >= 0.6 is 0 Å². The summed E-state index contributed by atoms with van der Waals surface area (Å²) in [6.07, 6.45) is 2.75. The number of carbonyl (C=O) groups excluding carboxylic acids is 3. The number of hydrazine groups is 1. The molecule has 8 nitrogen and oxygen atoms in total. The molecule has 0 aliphatic carbocycles. The molecule has 3 N–H and O–H groups in total. The van der Waals surface area contributed by atoms with Gasteiger partial charge in [-0.05, 0) is 12.8 Å². The zero-order valence-corrected chi connectivity index (χ0v) is 10.3. The highest BCUT2D eigenvalue weighted by Crippen LogP contribution is 2.22. The maximum absolute atomic E-state index is 11.0. The minimum absolute atomic E-state index is 0.0706. The summed E-state index contributed by atoms with van der Waals surface area (Å²) in [5, 5.41) is 9.98. The fraction of sp³-hybridized carbons (Fsp3) is 0.700. The van der Waals surface area contributed by atoms with Crippen LogP contribution in [0.15, 0.2) is 0 Å². The van der Waals surface area contributed by atoms with Gasteiger partial charge in [-0.2, -0.15) is 0 Å². The molecule has 0 saturated carbocycles. The van der Waals surface area contributed by atoms with Crippen LogP contribution in [0.4, 0.5) is 4.79 Å². The summed E-state index contributed by atoms with van der Waals surface area (Å²) in [5.74, 6) is -0.197. The van der Waals surface area contributed by atoms with Crippen LogP contribution in [0.25, 0.3) is 0 Å². The van der Waals surface area contributed by atoms with Gasteiger partial charge in [0.05, 0.1) is 6.04 Å². The number of fused-ring (bicyclic) bond motifs is 2. The van der Waals surface area contributed by atoms with E-state index in [-0.39, 0.29) is 18.0 Å². The van der Waals surface area contributed by atoms with Gasteiger partial charge in [0.2, 0.25) is 12.3 Å². The number of hydroxylamine groups is 2. The molecule has 0 aromatic rings. The fourth-order valence-electron chi connectivity index (χ4n) is 1.83. The smallest absolute Gasteiger partial charge is 0.321 e. The van der Waals surface area contributed by atoms with Gasteiger partial charge in [-0.1, -0.05) is 6.92 Å². The van der Waals surface area contributed by atoms with Gasteiger partial charge >= 0.3 is 6.03 Å². The van der Waals surface area contributed by atoms with Gasteiger partial charge in [0.15, 0.2) is 0 Å². The van der Waals surface area contributed by atoms with Crippen LogP contribution < -0.4 is 10.9 Å². The maximum Gasteiger partial charge on any atom is 0.344 e. The van der Waals surface area contributed by atoms with Gasteiger partial charge in [-0.15, -0.1) is 0 Å². The number of nitrogens with zero attached hydrogens (tertiary/aromatic N) is 2. The Labute approximate surface area is 105 Å². The summed E-state index contributed by atoms with van der Waals surface area (Å²) in [6.45, 7) is 3.23. The lowest BCUT2D eigenvalue weighted by Gasteiger charge is -2.19. The highest BCUT2D eigenvalue weighted by atomic mass is 16.5. The van der Waals surface area contributed by atoms with Crippen LogP contribution in [0.3, 0.4) is 0 Å². The molecule has 2 heterocycles. The van der Waals surface area contributed by atoms with E-state index >= 15 is 0 Å². The molecule has 18 heavy (non-hydrogen) atoms. The fourth-order valence-corrected chi connectivity index (χ4v) is 1.83. The van der Waals surface area contributed by atoms with Crippen molar-refractivity contribution in [3.05, 3.63) is 0 Å². The quantitative estimate of drug-likeness (QED) is 0.359. The summed E-state index contributed by atoms with van der Waals surface area (Å²) in [7, 11) is 0. The third kappa shape index (κ3) is 3.59. The molecular formula is C10H18N4O4. The van der Waals surface area contributed by atoms with Crippen LogP contribution in [-0.4, -0.2) is 52.7 Å². The standard InChI is InChI=1S/C6H10N2O2.C4H8N2O2/c9-6-7-3-1-2-5(4-7)8(6)10;1-2-4(8)6-5-3-7/h5,10H,1-4H2;3H,2H2,1H3,(H,5,7)(H,6,8). The van der Waals surface area contributed by atoms with E-state index < -0.39 is 0 Å². The minimum Gasteiger partial charge on any atom is -0.321 e. The van der Waals surface area contributed by atoms with E-state index in [1.54, 1.807) is 11.8 Å². The summed E-state index contributed by atoms with van der Waals surface area (Å²) in [6, 6.07) is -0.149. The van der Waals surface area contributed by atoms with Crippen molar-refractivity contribution < 1.29 is 19.6 Å². The first-order chi connectivity index (χ1) is 8.60. The second kappa shape index (κ2) is 6.80.